The third kappa shape index (κ3) is 2.23. The topological polar surface area (TPSA) is 63.6 Å². The van der Waals surface area contributed by atoms with Crippen molar-refractivity contribution in [2.75, 3.05) is 5.32 Å². The van der Waals surface area contributed by atoms with E-state index in [2.05, 4.69) is 24.9 Å². The molecule has 0 radical (unpaired) electrons. The van der Waals surface area contributed by atoms with Crippen LogP contribution < -0.4 is 5.32 Å². The summed E-state index contributed by atoms with van der Waals surface area (Å²) in [6.45, 7) is 2.55. The van der Waals surface area contributed by atoms with E-state index >= 15 is 0 Å². The van der Waals surface area contributed by atoms with Gasteiger partial charge < -0.3 is 5.32 Å². The fourth-order valence-electron chi connectivity index (χ4n) is 1.03. The Kier molecular flexibility index (Phi) is 2.64. The number of hydrogen-bond donors (Lipinski definition) is 1. The van der Waals surface area contributed by atoms with Crippen LogP contribution in [0.4, 0.5) is 5.00 Å². The normalized spacial score (nSPS) is 10.1. The molecule has 5 nitrogen and oxygen atoms in total. The van der Waals surface area contributed by atoms with E-state index in [1.165, 1.54) is 11.5 Å². The number of rotatable bonds is 3. The molecule has 2 heterocycles. The highest BCUT2D eigenvalue weighted by atomic mass is 32.1. The minimum atomic E-state index is 0.674. The molecule has 6 heteroatoms. The van der Waals surface area contributed by atoms with Crippen molar-refractivity contribution in [3.05, 3.63) is 30.0 Å². The molecule has 0 aliphatic carbocycles. The average Bonchev–Trinajstić information content (AvgIpc) is 2.67. The standard InChI is InChI=1S/C8H9N5S/c1-6-9-3-2-7(12-6)4-10-8-5-11-13-14-8/h2-3,5,10H,4H2,1H3. The van der Waals surface area contributed by atoms with Crippen LogP contribution in [0, 0.1) is 6.92 Å². The van der Waals surface area contributed by atoms with Crippen LogP contribution in [-0.4, -0.2) is 19.6 Å². The molecule has 0 saturated heterocycles. The zero-order valence-electron chi connectivity index (χ0n) is 7.64. The van der Waals surface area contributed by atoms with Gasteiger partial charge in [-0.2, -0.15) is 0 Å². The van der Waals surface area contributed by atoms with Gasteiger partial charge in [-0.05, 0) is 13.0 Å². The lowest BCUT2D eigenvalue weighted by Crippen LogP contribution is -2.01. The largest absolute Gasteiger partial charge is 0.369 e. The van der Waals surface area contributed by atoms with Crippen LogP contribution in [0.2, 0.25) is 0 Å². The Balaban J connectivity index is 1.98. The molecule has 0 atom stereocenters. The Morgan fingerprint density at radius 2 is 2.43 bits per heavy atom. The Morgan fingerprint density at radius 1 is 1.50 bits per heavy atom. The second-order valence-corrected chi connectivity index (χ2v) is 3.52. The molecule has 0 aliphatic heterocycles. The summed E-state index contributed by atoms with van der Waals surface area (Å²) in [5.41, 5.74) is 0.964. The summed E-state index contributed by atoms with van der Waals surface area (Å²) in [5, 5.41) is 7.84. The highest BCUT2D eigenvalue weighted by molar-refractivity contribution is 7.09. The molecule has 2 rings (SSSR count). The van der Waals surface area contributed by atoms with E-state index in [9.17, 15) is 0 Å². The molecular weight excluding hydrogens is 198 g/mol. The number of anilines is 1. The van der Waals surface area contributed by atoms with Gasteiger partial charge in [-0.15, -0.1) is 5.10 Å². The van der Waals surface area contributed by atoms with E-state index in [-0.39, 0.29) is 0 Å². The van der Waals surface area contributed by atoms with Gasteiger partial charge in [0.15, 0.2) is 0 Å². The monoisotopic (exact) mass is 207 g/mol. The van der Waals surface area contributed by atoms with Gasteiger partial charge >= 0.3 is 0 Å². The van der Waals surface area contributed by atoms with Crippen molar-refractivity contribution >= 4 is 16.5 Å². The minimum absolute atomic E-state index is 0.674. The van der Waals surface area contributed by atoms with Gasteiger partial charge in [0.1, 0.15) is 10.8 Å². The maximum Gasteiger partial charge on any atom is 0.130 e. The van der Waals surface area contributed by atoms with Crippen LogP contribution in [0.3, 0.4) is 0 Å². The molecule has 0 aliphatic rings. The van der Waals surface area contributed by atoms with Crippen molar-refractivity contribution in [1.29, 1.82) is 0 Å². The first-order valence-electron chi connectivity index (χ1n) is 4.14. The van der Waals surface area contributed by atoms with Gasteiger partial charge in [-0.1, -0.05) is 4.49 Å². The molecule has 14 heavy (non-hydrogen) atoms. The Labute approximate surface area is 85.4 Å². The zero-order chi connectivity index (χ0) is 9.80. The summed E-state index contributed by atoms with van der Waals surface area (Å²) in [5.74, 6) is 0.784. The smallest absolute Gasteiger partial charge is 0.130 e. The fraction of sp³-hybridized carbons (Fsp3) is 0.250. The summed E-state index contributed by atoms with van der Waals surface area (Å²) >= 11 is 1.33. The summed E-state index contributed by atoms with van der Waals surface area (Å²) in [7, 11) is 0. The van der Waals surface area contributed by atoms with Gasteiger partial charge in [0.2, 0.25) is 0 Å². The summed E-state index contributed by atoms with van der Waals surface area (Å²) < 4.78 is 3.75. The van der Waals surface area contributed by atoms with Crippen molar-refractivity contribution in [2.45, 2.75) is 13.5 Å². The average molecular weight is 207 g/mol. The third-order valence-corrected chi connectivity index (χ3v) is 2.26. The second kappa shape index (κ2) is 4.10. The summed E-state index contributed by atoms with van der Waals surface area (Å²) in [6.07, 6.45) is 3.45. The molecule has 0 bridgehead atoms. The molecule has 1 N–H and O–H groups in total. The second-order valence-electron chi connectivity index (χ2n) is 2.73. The number of nitrogens with one attached hydrogen (secondary N) is 1. The minimum Gasteiger partial charge on any atom is -0.369 e. The lowest BCUT2D eigenvalue weighted by molar-refractivity contribution is 0.957. The van der Waals surface area contributed by atoms with E-state index in [0.717, 1.165) is 16.5 Å². The Hall–Kier alpha value is -1.56. The molecule has 0 unspecified atom stereocenters. The Morgan fingerprint density at radius 3 is 3.14 bits per heavy atom. The Bertz CT molecular complexity index is 400. The third-order valence-electron chi connectivity index (χ3n) is 1.64. The highest BCUT2D eigenvalue weighted by Crippen LogP contribution is 2.10. The lowest BCUT2D eigenvalue weighted by atomic mass is 10.4. The molecule has 0 aromatic carbocycles. The predicted molar refractivity (Wildman–Crippen MR) is 54.0 cm³/mol. The number of aryl methyl sites for hydroxylation is 1. The molecule has 0 amide bonds. The first kappa shape index (κ1) is 9.01. The quantitative estimate of drug-likeness (QED) is 0.820. The van der Waals surface area contributed by atoms with Gasteiger partial charge in [-0.3, -0.25) is 0 Å². The van der Waals surface area contributed by atoms with Crippen molar-refractivity contribution < 1.29 is 0 Å². The number of hydrogen-bond acceptors (Lipinski definition) is 6. The highest BCUT2D eigenvalue weighted by Gasteiger charge is 1.97. The zero-order valence-corrected chi connectivity index (χ0v) is 8.45. The fourth-order valence-corrected chi connectivity index (χ4v) is 1.44. The predicted octanol–water partition coefficient (Wildman–Crippen LogP) is 1.25. The molecule has 0 saturated carbocycles. The molecule has 72 valence electrons. The van der Waals surface area contributed by atoms with Crippen LogP contribution >= 0.6 is 11.5 Å². The van der Waals surface area contributed by atoms with Crippen LogP contribution in [0.1, 0.15) is 11.5 Å². The van der Waals surface area contributed by atoms with Crippen LogP contribution in [0.25, 0.3) is 0 Å². The first-order valence-corrected chi connectivity index (χ1v) is 4.92. The maximum atomic E-state index is 4.26. The van der Waals surface area contributed by atoms with E-state index < -0.39 is 0 Å². The number of nitrogens with zero attached hydrogens (tertiary/aromatic N) is 4. The maximum absolute atomic E-state index is 4.26. The van der Waals surface area contributed by atoms with Gasteiger partial charge in [0.25, 0.3) is 0 Å². The summed E-state index contributed by atoms with van der Waals surface area (Å²) in [6, 6.07) is 1.88. The van der Waals surface area contributed by atoms with Gasteiger partial charge in [0, 0.05) is 17.7 Å². The van der Waals surface area contributed by atoms with E-state index in [1.54, 1.807) is 12.4 Å². The van der Waals surface area contributed by atoms with Crippen LogP contribution in [0.15, 0.2) is 18.5 Å². The van der Waals surface area contributed by atoms with Crippen LogP contribution in [0.5, 0.6) is 0 Å². The first-order chi connectivity index (χ1) is 6.84. The van der Waals surface area contributed by atoms with E-state index in [0.29, 0.717) is 6.54 Å². The van der Waals surface area contributed by atoms with Crippen molar-refractivity contribution in [1.82, 2.24) is 19.6 Å². The van der Waals surface area contributed by atoms with E-state index in [4.69, 9.17) is 0 Å². The summed E-state index contributed by atoms with van der Waals surface area (Å²) in [4.78, 5) is 8.29. The molecule has 2 aromatic heterocycles. The SMILES string of the molecule is Cc1nccc(CNc2cnns2)n1. The van der Waals surface area contributed by atoms with Crippen molar-refractivity contribution in [3.63, 3.8) is 0 Å². The molecule has 0 spiro atoms. The molecule has 0 fully saturated rings. The van der Waals surface area contributed by atoms with Crippen molar-refractivity contribution in [2.24, 2.45) is 0 Å². The van der Waals surface area contributed by atoms with Gasteiger partial charge in [0.05, 0.1) is 18.4 Å². The number of aromatic nitrogens is 4. The van der Waals surface area contributed by atoms with Gasteiger partial charge in [-0.25, -0.2) is 9.97 Å². The van der Waals surface area contributed by atoms with Crippen molar-refractivity contribution in [3.8, 4) is 0 Å². The lowest BCUT2D eigenvalue weighted by Gasteiger charge is -2.01. The van der Waals surface area contributed by atoms with Crippen LogP contribution in [-0.2, 0) is 6.54 Å². The van der Waals surface area contributed by atoms with E-state index in [1.807, 2.05) is 13.0 Å². The molecular formula is C8H9N5S. The molecule has 2 aromatic rings.